The van der Waals surface area contributed by atoms with Gasteiger partial charge in [-0.3, -0.25) is 0 Å². The number of imidazole rings is 1. The predicted molar refractivity (Wildman–Crippen MR) is 81.8 cm³/mol. The highest BCUT2D eigenvalue weighted by Crippen LogP contribution is 2.12. The van der Waals surface area contributed by atoms with Crippen LogP contribution in [0, 0.1) is 0 Å². The van der Waals surface area contributed by atoms with Gasteiger partial charge in [-0.2, -0.15) is 0 Å². The average Bonchev–Trinajstić information content (AvgIpc) is 2.90. The smallest absolute Gasteiger partial charge is 0.216 e. The van der Waals surface area contributed by atoms with Gasteiger partial charge in [0.1, 0.15) is 0 Å². The van der Waals surface area contributed by atoms with Crippen molar-refractivity contribution >= 4 is 10.0 Å². The molecule has 0 amide bonds. The molecule has 1 atom stereocenters. The van der Waals surface area contributed by atoms with E-state index in [1.54, 1.807) is 24.8 Å². The molecule has 0 saturated carbocycles. The Morgan fingerprint density at radius 1 is 1.33 bits per heavy atom. The zero-order chi connectivity index (χ0) is 15.3. The van der Waals surface area contributed by atoms with Crippen molar-refractivity contribution in [1.82, 2.24) is 14.3 Å². The molecular formula is C14H20N4O2S. The summed E-state index contributed by atoms with van der Waals surface area (Å²) in [7, 11) is -3.41. The van der Waals surface area contributed by atoms with Crippen molar-refractivity contribution < 1.29 is 8.42 Å². The fourth-order valence-electron chi connectivity index (χ4n) is 2.20. The number of rotatable bonds is 7. The molecule has 0 aliphatic heterocycles. The van der Waals surface area contributed by atoms with Crippen molar-refractivity contribution in [1.29, 1.82) is 0 Å². The van der Waals surface area contributed by atoms with Crippen LogP contribution in [-0.4, -0.2) is 24.0 Å². The van der Waals surface area contributed by atoms with Crippen LogP contribution < -0.4 is 10.5 Å². The summed E-state index contributed by atoms with van der Waals surface area (Å²) in [5.74, 6) is -0.0609. The van der Waals surface area contributed by atoms with Crippen molar-refractivity contribution in [3.05, 3.63) is 54.1 Å². The Balaban J connectivity index is 2.01. The Bertz CT molecular complexity index is 668. The summed E-state index contributed by atoms with van der Waals surface area (Å²) in [6.07, 6.45) is 5.13. The number of nitrogens with zero attached hydrogens (tertiary/aromatic N) is 2. The Labute approximate surface area is 125 Å². The van der Waals surface area contributed by atoms with E-state index in [9.17, 15) is 8.42 Å². The van der Waals surface area contributed by atoms with Crippen LogP contribution in [0.5, 0.6) is 0 Å². The lowest BCUT2D eigenvalue weighted by atomic mass is 10.1. The monoisotopic (exact) mass is 308 g/mol. The second kappa shape index (κ2) is 6.84. The van der Waals surface area contributed by atoms with Gasteiger partial charge in [0.15, 0.2) is 0 Å². The summed E-state index contributed by atoms with van der Waals surface area (Å²) in [4.78, 5) is 3.93. The van der Waals surface area contributed by atoms with Gasteiger partial charge in [0.2, 0.25) is 10.0 Å². The van der Waals surface area contributed by atoms with E-state index < -0.39 is 10.0 Å². The Hall–Kier alpha value is -1.70. The van der Waals surface area contributed by atoms with E-state index in [2.05, 4.69) is 9.71 Å². The molecule has 0 spiro atoms. The van der Waals surface area contributed by atoms with Gasteiger partial charge >= 0.3 is 0 Å². The van der Waals surface area contributed by atoms with Gasteiger partial charge in [-0.15, -0.1) is 0 Å². The number of hydrogen-bond acceptors (Lipinski definition) is 4. The molecule has 1 unspecified atom stereocenters. The van der Waals surface area contributed by atoms with Crippen molar-refractivity contribution in [2.75, 3.05) is 0 Å². The van der Waals surface area contributed by atoms with Crippen molar-refractivity contribution in [3.8, 4) is 0 Å². The topological polar surface area (TPSA) is 90.0 Å². The van der Waals surface area contributed by atoms with E-state index in [1.165, 1.54) is 0 Å². The minimum atomic E-state index is -3.41. The van der Waals surface area contributed by atoms with Crippen LogP contribution in [0.25, 0.3) is 0 Å². The highest BCUT2D eigenvalue weighted by molar-refractivity contribution is 7.88. The predicted octanol–water partition coefficient (Wildman–Crippen LogP) is 0.850. The van der Waals surface area contributed by atoms with Crippen LogP contribution in [0.3, 0.4) is 0 Å². The molecule has 0 aliphatic rings. The van der Waals surface area contributed by atoms with Gasteiger partial charge in [0.25, 0.3) is 0 Å². The quantitative estimate of drug-likeness (QED) is 0.793. The van der Waals surface area contributed by atoms with Crippen molar-refractivity contribution in [3.63, 3.8) is 0 Å². The molecule has 2 rings (SSSR count). The van der Waals surface area contributed by atoms with E-state index >= 15 is 0 Å². The van der Waals surface area contributed by atoms with Gasteiger partial charge < -0.3 is 10.3 Å². The number of nitrogens with two attached hydrogens (primary N) is 1. The molecule has 0 bridgehead atoms. The SMILES string of the molecule is CC(Cn1ccnc1)NS(=O)(=O)Cc1ccccc1CN. The largest absolute Gasteiger partial charge is 0.336 e. The summed E-state index contributed by atoms with van der Waals surface area (Å²) >= 11 is 0. The third-order valence-corrected chi connectivity index (χ3v) is 4.56. The van der Waals surface area contributed by atoms with Crippen LogP contribution in [0.15, 0.2) is 43.0 Å². The summed E-state index contributed by atoms with van der Waals surface area (Å²) < 4.78 is 29.0. The summed E-state index contributed by atoms with van der Waals surface area (Å²) in [6, 6.07) is 7.10. The number of benzene rings is 1. The standard InChI is InChI=1S/C14H20N4O2S/c1-12(9-18-7-6-16-11-18)17-21(19,20)10-14-5-3-2-4-13(14)8-15/h2-7,11-12,17H,8-10,15H2,1H3. The molecule has 1 aromatic heterocycles. The minimum Gasteiger partial charge on any atom is -0.336 e. The molecule has 3 N–H and O–H groups in total. The van der Waals surface area contributed by atoms with E-state index in [0.29, 0.717) is 13.1 Å². The van der Waals surface area contributed by atoms with Crippen molar-refractivity contribution in [2.45, 2.75) is 31.8 Å². The maximum atomic E-state index is 12.2. The first kappa shape index (κ1) is 15.7. The molecule has 0 fully saturated rings. The first-order chi connectivity index (χ1) is 10.00. The number of aromatic nitrogens is 2. The van der Waals surface area contributed by atoms with Gasteiger partial charge in [-0.25, -0.2) is 18.1 Å². The first-order valence-electron chi connectivity index (χ1n) is 6.73. The van der Waals surface area contributed by atoms with Gasteiger partial charge in [-0.05, 0) is 18.1 Å². The second-order valence-electron chi connectivity index (χ2n) is 5.01. The molecule has 0 radical (unpaired) electrons. The molecule has 21 heavy (non-hydrogen) atoms. The molecule has 6 nitrogen and oxygen atoms in total. The maximum absolute atomic E-state index is 12.2. The van der Waals surface area contributed by atoms with E-state index in [1.807, 2.05) is 29.7 Å². The molecule has 0 aliphatic carbocycles. The van der Waals surface area contributed by atoms with Gasteiger partial charge in [-0.1, -0.05) is 24.3 Å². The van der Waals surface area contributed by atoms with Gasteiger partial charge in [0.05, 0.1) is 12.1 Å². The minimum absolute atomic E-state index is 0.0609. The molecule has 114 valence electrons. The highest BCUT2D eigenvalue weighted by Gasteiger charge is 2.17. The van der Waals surface area contributed by atoms with Crippen molar-refractivity contribution in [2.24, 2.45) is 5.73 Å². The zero-order valence-electron chi connectivity index (χ0n) is 11.9. The van der Waals surface area contributed by atoms with Crippen LogP contribution in [0.1, 0.15) is 18.1 Å². The Morgan fingerprint density at radius 2 is 2.05 bits per heavy atom. The van der Waals surface area contributed by atoms with Crippen LogP contribution >= 0.6 is 0 Å². The van der Waals surface area contributed by atoms with E-state index in [4.69, 9.17) is 5.73 Å². The fraction of sp³-hybridized carbons (Fsp3) is 0.357. The third-order valence-electron chi connectivity index (χ3n) is 3.11. The first-order valence-corrected chi connectivity index (χ1v) is 8.38. The van der Waals surface area contributed by atoms with Gasteiger partial charge in [0, 0.05) is 31.5 Å². The average molecular weight is 308 g/mol. The Morgan fingerprint density at radius 3 is 2.67 bits per heavy atom. The highest BCUT2D eigenvalue weighted by atomic mass is 32.2. The molecular weight excluding hydrogens is 288 g/mol. The zero-order valence-corrected chi connectivity index (χ0v) is 12.8. The summed E-state index contributed by atoms with van der Waals surface area (Å²) in [5, 5.41) is 0. The van der Waals surface area contributed by atoms with E-state index in [0.717, 1.165) is 11.1 Å². The Kier molecular flexibility index (Phi) is 5.11. The molecule has 7 heteroatoms. The lowest BCUT2D eigenvalue weighted by Crippen LogP contribution is -2.36. The molecule has 1 aromatic carbocycles. The van der Waals surface area contributed by atoms with Crippen LogP contribution in [-0.2, 0) is 28.9 Å². The summed E-state index contributed by atoms with van der Waals surface area (Å²) in [5.41, 5.74) is 7.23. The lowest BCUT2D eigenvalue weighted by Gasteiger charge is -2.15. The van der Waals surface area contributed by atoms with Crippen LogP contribution in [0.2, 0.25) is 0 Å². The summed E-state index contributed by atoms with van der Waals surface area (Å²) in [6.45, 7) is 2.69. The number of sulfonamides is 1. The maximum Gasteiger partial charge on any atom is 0.216 e. The fourth-order valence-corrected chi connectivity index (χ4v) is 3.66. The second-order valence-corrected chi connectivity index (χ2v) is 6.76. The molecule has 0 saturated heterocycles. The molecule has 1 heterocycles. The number of hydrogen-bond donors (Lipinski definition) is 2. The van der Waals surface area contributed by atoms with Crippen LogP contribution in [0.4, 0.5) is 0 Å². The molecule has 2 aromatic rings. The third kappa shape index (κ3) is 4.66. The normalized spacial score (nSPS) is 13.2. The lowest BCUT2D eigenvalue weighted by molar-refractivity contribution is 0.520. The van der Waals surface area contributed by atoms with E-state index in [-0.39, 0.29) is 11.8 Å². The number of nitrogens with one attached hydrogen (secondary N) is 1.